The van der Waals surface area contributed by atoms with Crippen LogP contribution in [0, 0.1) is 0 Å². The average Bonchev–Trinajstić information content (AvgIpc) is 2.95. The van der Waals surface area contributed by atoms with E-state index in [2.05, 4.69) is 15.4 Å². The lowest BCUT2D eigenvalue weighted by atomic mass is 10.3. The molecule has 3 rings (SSSR count). The smallest absolute Gasteiger partial charge is 0.183 e. The first-order valence-corrected chi connectivity index (χ1v) is 6.91. The van der Waals surface area contributed by atoms with Gasteiger partial charge in [0.1, 0.15) is 0 Å². The van der Waals surface area contributed by atoms with Crippen LogP contribution >= 0.6 is 11.3 Å². The lowest BCUT2D eigenvalue weighted by molar-refractivity contribution is 0.711. The summed E-state index contributed by atoms with van der Waals surface area (Å²) in [7, 11) is 1.95. The standard InChI is InChI=1S/C13H15N5S/c1-18-10(5-7-16-18)4-6-15-13-17-11-3-2-9(14)8-12(11)19-13/h2-3,5,7-8H,4,6,14H2,1H3,(H,15,17). The van der Waals surface area contributed by atoms with Gasteiger partial charge in [0.05, 0.1) is 10.2 Å². The Morgan fingerprint density at radius 2 is 2.26 bits per heavy atom. The number of fused-ring (bicyclic) bond motifs is 1. The number of nitrogens with two attached hydrogens (primary N) is 1. The molecule has 3 aromatic rings. The fraction of sp³-hybridized carbons (Fsp3) is 0.231. The Morgan fingerprint density at radius 3 is 3.05 bits per heavy atom. The van der Waals surface area contributed by atoms with Crippen molar-refractivity contribution < 1.29 is 0 Å². The van der Waals surface area contributed by atoms with Crippen LogP contribution in [0.2, 0.25) is 0 Å². The summed E-state index contributed by atoms with van der Waals surface area (Å²) in [5, 5.41) is 8.43. The van der Waals surface area contributed by atoms with Crippen molar-refractivity contribution in [2.24, 2.45) is 7.05 Å². The summed E-state index contributed by atoms with van der Waals surface area (Å²) in [6.45, 7) is 0.842. The molecule has 98 valence electrons. The molecule has 0 radical (unpaired) electrons. The zero-order valence-corrected chi connectivity index (χ0v) is 11.4. The molecule has 0 unspecified atom stereocenters. The summed E-state index contributed by atoms with van der Waals surface area (Å²) in [5.41, 5.74) is 8.73. The average molecular weight is 273 g/mol. The van der Waals surface area contributed by atoms with Gasteiger partial charge in [0, 0.05) is 37.6 Å². The third-order valence-electron chi connectivity index (χ3n) is 2.99. The maximum atomic E-state index is 5.76. The molecule has 0 fully saturated rings. The highest BCUT2D eigenvalue weighted by Gasteiger charge is 2.04. The van der Waals surface area contributed by atoms with Gasteiger partial charge >= 0.3 is 0 Å². The van der Waals surface area contributed by atoms with E-state index in [1.807, 2.05) is 42.2 Å². The first-order valence-electron chi connectivity index (χ1n) is 6.09. The number of nitrogens with one attached hydrogen (secondary N) is 1. The largest absolute Gasteiger partial charge is 0.399 e. The molecule has 0 spiro atoms. The molecule has 0 aliphatic carbocycles. The fourth-order valence-corrected chi connectivity index (χ4v) is 2.90. The Kier molecular flexibility index (Phi) is 3.08. The third kappa shape index (κ3) is 2.53. The van der Waals surface area contributed by atoms with Crippen LogP contribution in [0.3, 0.4) is 0 Å². The number of hydrogen-bond acceptors (Lipinski definition) is 5. The van der Waals surface area contributed by atoms with E-state index in [9.17, 15) is 0 Å². The van der Waals surface area contributed by atoms with Crippen LogP contribution < -0.4 is 11.1 Å². The van der Waals surface area contributed by atoms with E-state index in [1.54, 1.807) is 11.3 Å². The summed E-state index contributed by atoms with van der Waals surface area (Å²) in [5.74, 6) is 0. The molecule has 5 nitrogen and oxygen atoms in total. The van der Waals surface area contributed by atoms with Gasteiger partial charge in [-0.3, -0.25) is 4.68 Å². The number of benzene rings is 1. The minimum atomic E-state index is 0.776. The maximum absolute atomic E-state index is 5.76. The normalized spacial score (nSPS) is 11.0. The molecule has 2 heterocycles. The van der Waals surface area contributed by atoms with Crippen molar-refractivity contribution in [3.05, 3.63) is 36.2 Å². The second kappa shape index (κ2) is 4.89. The maximum Gasteiger partial charge on any atom is 0.183 e. The number of anilines is 2. The van der Waals surface area contributed by atoms with Gasteiger partial charge in [-0.05, 0) is 24.3 Å². The van der Waals surface area contributed by atoms with E-state index in [4.69, 9.17) is 5.73 Å². The van der Waals surface area contributed by atoms with Crippen LogP contribution in [0.25, 0.3) is 10.2 Å². The first-order chi connectivity index (χ1) is 9.22. The second-order valence-electron chi connectivity index (χ2n) is 4.37. The van der Waals surface area contributed by atoms with Crippen molar-refractivity contribution in [3.63, 3.8) is 0 Å². The third-order valence-corrected chi connectivity index (χ3v) is 3.97. The van der Waals surface area contributed by atoms with Gasteiger partial charge in [0.25, 0.3) is 0 Å². The molecule has 0 amide bonds. The van der Waals surface area contributed by atoms with Crippen molar-refractivity contribution in [1.29, 1.82) is 0 Å². The van der Waals surface area contributed by atoms with Gasteiger partial charge in [0.15, 0.2) is 5.13 Å². The van der Waals surface area contributed by atoms with Gasteiger partial charge in [-0.15, -0.1) is 0 Å². The van der Waals surface area contributed by atoms with E-state index >= 15 is 0 Å². The van der Waals surface area contributed by atoms with E-state index < -0.39 is 0 Å². The highest BCUT2D eigenvalue weighted by molar-refractivity contribution is 7.22. The molecule has 3 N–H and O–H groups in total. The number of nitrogens with zero attached hydrogens (tertiary/aromatic N) is 3. The molecule has 1 aromatic carbocycles. The predicted octanol–water partition coefficient (Wildman–Crippen LogP) is 2.27. The number of hydrogen-bond donors (Lipinski definition) is 2. The minimum absolute atomic E-state index is 0.776. The number of thiazole rings is 1. The summed E-state index contributed by atoms with van der Waals surface area (Å²) < 4.78 is 3.00. The van der Waals surface area contributed by atoms with Crippen molar-refractivity contribution in [2.75, 3.05) is 17.6 Å². The van der Waals surface area contributed by atoms with Gasteiger partial charge in [-0.1, -0.05) is 11.3 Å². The van der Waals surface area contributed by atoms with Crippen molar-refractivity contribution in [1.82, 2.24) is 14.8 Å². The zero-order chi connectivity index (χ0) is 13.2. The zero-order valence-electron chi connectivity index (χ0n) is 10.6. The van der Waals surface area contributed by atoms with Gasteiger partial charge in [-0.25, -0.2) is 4.98 Å². The van der Waals surface area contributed by atoms with Gasteiger partial charge in [0.2, 0.25) is 0 Å². The number of rotatable bonds is 4. The Bertz CT molecular complexity index is 700. The van der Waals surface area contributed by atoms with Crippen LogP contribution in [-0.4, -0.2) is 21.3 Å². The topological polar surface area (TPSA) is 68.8 Å². The molecule has 0 aliphatic rings. The van der Waals surface area contributed by atoms with E-state index in [-0.39, 0.29) is 0 Å². The summed E-state index contributed by atoms with van der Waals surface area (Å²) >= 11 is 1.63. The van der Waals surface area contributed by atoms with Crippen molar-refractivity contribution >= 4 is 32.4 Å². The Balaban J connectivity index is 1.67. The van der Waals surface area contributed by atoms with Crippen molar-refractivity contribution in [3.8, 4) is 0 Å². The molecular formula is C13H15N5S. The Morgan fingerprint density at radius 1 is 1.37 bits per heavy atom. The van der Waals surface area contributed by atoms with Crippen LogP contribution in [0.1, 0.15) is 5.69 Å². The monoisotopic (exact) mass is 273 g/mol. The molecule has 0 aliphatic heterocycles. The van der Waals surface area contributed by atoms with Crippen molar-refractivity contribution in [2.45, 2.75) is 6.42 Å². The van der Waals surface area contributed by atoms with E-state index in [0.717, 1.165) is 34.0 Å². The highest BCUT2D eigenvalue weighted by atomic mass is 32.1. The minimum Gasteiger partial charge on any atom is -0.399 e. The van der Waals surface area contributed by atoms with Gasteiger partial charge in [-0.2, -0.15) is 5.10 Å². The number of nitrogen functional groups attached to an aromatic ring is 1. The van der Waals surface area contributed by atoms with Crippen LogP contribution in [-0.2, 0) is 13.5 Å². The number of aromatic nitrogens is 3. The van der Waals surface area contributed by atoms with Gasteiger partial charge < -0.3 is 11.1 Å². The number of aryl methyl sites for hydroxylation is 1. The first kappa shape index (κ1) is 12.0. The quantitative estimate of drug-likeness (QED) is 0.715. The molecule has 0 saturated heterocycles. The lowest BCUT2D eigenvalue weighted by Crippen LogP contribution is -2.07. The summed E-state index contributed by atoms with van der Waals surface area (Å²) in [4.78, 5) is 4.52. The molecule has 0 atom stereocenters. The Labute approximate surface area is 115 Å². The molecular weight excluding hydrogens is 258 g/mol. The van der Waals surface area contributed by atoms with Crippen LogP contribution in [0.15, 0.2) is 30.5 Å². The van der Waals surface area contributed by atoms with E-state index in [0.29, 0.717) is 0 Å². The predicted molar refractivity (Wildman–Crippen MR) is 79.4 cm³/mol. The molecule has 0 saturated carbocycles. The van der Waals surface area contributed by atoms with E-state index in [1.165, 1.54) is 5.69 Å². The fourth-order valence-electron chi connectivity index (χ4n) is 1.96. The summed E-state index contributed by atoms with van der Waals surface area (Å²) in [6.07, 6.45) is 2.74. The van der Waals surface area contributed by atoms with Crippen LogP contribution in [0.5, 0.6) is 0 Å². The lowest BCUT2D eigenvalue weighted by Gasteiger charge is -2.02. The molecule has 19 heavy (non-hydrogen) atoms. The second-order valence-corrected chi connectivity index (χ2v) is 5.40. The molecule has 2 aromatic heterocycles. The molecule has 0 bridgehead atoms. The Hall–Kier alpha value is -2.08. The molecule has 6 heteroatoms. The SMILES string of the molecule is Cn1nccc1CCNc1nc2ccc(N)cc2s1. The highest BCUT2D eigenvalue weighted by Crippen LogP contribution is 2.27. The summed E-state index contributed by atoms with van der Waals surface area (Å²) in [6, 6.07) is 7.81. The van der Waals surface area contributed by atoms with Crippen LogP contribution in [0.4, 0.5) is 10.8 Å².